The van der Waals surface area contributed by atoms with Crippen molar-refractivity contribution >= 4 is 17.4 Å². The van der Waals surface area contributed by atoms with Gasteiger partial charge in [-0.2, -0.15) is 0 Å². The lowest BCUT2D eigenvalue weighted by Gasteiger charge is -2.03. The summed E-state index contributed by atoms with van der Waals surface area (Å²) >= 11 is 1.13. The van der Waals surface area contributed by atoms with Crippen molar-refractivity contribution in [3.63, 3.8) is 0 Å². The Morgan fingerprint density at radius 2 is 2.31 bits per heavy atom. The lowest BCUT2D eigenvalue weighted by atomic mass is 10.1. The molecular weight excluding hydrogens is 224 g/mol. The predicted octanol–water partition coefficient (Wildman–Crippen LogP) is 0.906. The fourth-order valence-corrected chi connectivity index (χ4v) is 1.88. The van der Waals surface area contributed by atoms with E-state index in [0.717, 1.165) is 17.2 Å². The Bertz CT molecular complexity index is 373. The molecule has 3 N–H and O–H groups in total. The number of nitrogens with one attached hydrogen (secondary N) is 1. The molecule has 0 saturated heterocycles. The van der Waals surface area contributed by atoms with Crippen LogP contribution in [-0.4, -0.2) is 28.6 Å². The normalized spacial score (nSPS) is 11.2. The number of hydrogen-bond donors (Lipinski definition) is 2. The third kappa shape index (κ3) is 3.39. The average Bonchev–Trinajstić information content (AvgIpc) is 2.73. The Labute approximate surface area is 98.9 Å². The van der Waals surface area contributed by atoms with Crippen molar-refractivity contribution in [1.82, 2.24) is 14.9 Å². The monoisotopic (exact) mass is 240 g/mol. The third-order valence-electron chi connectivity index (χ3n) is 1.95. The lowest BCUT2D eigenvalue weighted by molar-refractivity contribution is 0.0960. The van der Waals surface area contributed by atoms with E-state index in [2.05, 4.69) is 14.9 Å². The molecule has 1 aromatic heterocycles. The van der Waals surface area contributed by atoms with Gasteiger partial charge >= 0.3 is 0 Å². The van der Waals surface area contributed by atoms with Crippen LogP contribution >= 0.6 is 11.5 Å². The van der Waals surface area contributed by atoms with E-state index >= 15 is 0 Å². The van der Waals surface area contributed by atoms with Gasteiger partial charge in [0.05, 0.1) is 5.69 Å². The Kier molecular flexibility index (Phi) is 5.07. The first-order valence-corrected chi connectivity index (χ1v) is 5.89. The minimum atomic E-state index is -0.125. The van der Waals surface area contributed by atoms with Crippen molar-refractivity contribution in [3.05, 3.63) is 22.7 Å². The molecular formula is C10H16N4OS. The van der Waals surface area contributed by atoms with Crippen molar-refractivity contribution in [2.75, 3.05) is 13.1 Å². The topological polar surface area (TPSA) is 80.9 Å². The highest BCUT2D eigenvalue weighted by Crippen LogP contribution is 2.19. The van der Waals surface area contributed by atoms with Crippen LogP contribution in [-0.2, 0) is 0 Å². The van der Waals surface area contributed by atoms with Gasteiger partial charge in [-0.05, 0) is 17.5 Å². The zero-order chi connectivity index (χ0) is 12.0. The molecule has 0 aliphatic heterocycles. The van der Waals surface area contributed by atoms with Crippen molar-refractivity contribution in [1.29, 1.82) is 0 Å². The van der Waals surface area contributed by atoms with Gasteiger partial charge in [-0.15, -0.1) is 5.10 Å². The van der Waals surface area contributed by atoms with Gasteiger partial charge in [-0.3, -0.25) is 4.79 Å². The Hall–Kier alpha value is -1.27. The highest BCUT2D eigenvalue weighted by atomic mass is 32.1. The Morgan fingerprint density at radius 3 is 2.94 bits per heavy atom. The summed E-state index contributed by atoms with van der Waals surface area (Å²) in [5, 5.41) is 6.72. The van der Waals surface area contributed by atoms with Crippen LogP contribution in [0.1, 0.15) is 35.1 Å². The van der Waals surface area contributed by atoms with Crippen LogP contribution in [0, 0.1) is 0 Å². The predicted molar refractivity (Wildman–Crippen MR) is 64.5 cm³/mol. The number of amides is 1. The second kappa shape index (κ2) is 6.34. The molecule has 0 unspecified atom stereocenters. The molecule has 1 aromatic rings. The molecule has 1 amide bonds. The van der Waals surface area contributed by atoms with E-state index in [1.165, 1.54) is 0 Å². The van der Waals surface area contributed by atoms with Crippen LogP contribution < -0.4 is 11.1 Å². The second-order valence-electron chi connectivity index (χ2n) is 3.56. The van der Waals surface area contributed by atoms with Gasteiger partial charge in [-0.1, -0.05) is 30.5 Å². The number of nitrogens with zero attached hydrogens (tertiary/aromatic N) is 2. The maximum Gasteiger partial charge on any atom is 0.265 e. The second-order valence-corrected chi connectivity index (χ2v) is 4.31. The highest BCUT2D eigenvalue weighted by Gasteiger charge is 2.17. The van der Waals surface area contributed by atoms with Gasteiger partial charge in [0.1, 0.15) is 4.88 Å². The summed E-state index contributed by atoms with van der Waals surface area (Å²) in [7, 11) is 0. The molecule has 0 spiro atoms. The average molecular weight is 240 g/mol. The highest BCUT2D eigenvalue weighted by molar-refractivity contribution is 7.08. The summed E-state index contributed by atoms with van der Waals surface area (Å²) in [6.45, 7) is 4.93. The molecule has 6 heteroatoms. The molecule has 88 valence electrons. The van der Waals surface area contributed by atoms with Gasteiger partial charge in [-0.25, -0.2) is 0 Å². The van der Waals surface area contributed by atoms with Gasteiger partial charge in [0, 0.05) is 13.1 Å². The van der Waals surface area contributed by atoms with E-state index in [0.29, 0.717) is 18.0 Å². The summed E-state index contributed by atoms with van der Waals surface area (Å²) in [6, 6.07) is 0. The maximum absolute atomic E-state index is 11.7. The SMILES string of the molecule is CC(C)c1nnsc1C(=O)NC/C=C/CN. The number of aromatic nitrogens is 2. The van der Waals surface area contributed by atoms with Crippen molar-refractivity contribution in [2.24, 2.45) is 5.73 Å². The number of rotatable bonds is 5. The van der Waals surface area contributed by atoms with E-state index < -0.39 is 0 Å². The van der Waals surface area contributed by atoms with Crippen LogP contribution in [0.2, 0.25) is 0 Å². The van der Waals surface area contributed by atoms with Gasteiger partial charge in [0.25, 0.3) is 5.91 Å². The van der Waals surface area contributed by atoms with Crippen LogP contribution in [0.5, 0.6) is 0 Å². The lowest BCUT2D eigenvalue weighted by Crippen LogP contribution is -2.23. The molecule has 0 bridgehead atoms. The van der Waals surface area contributed by atoms with Crippen LogP contribution in [0.4, 0.5) is 0 Å². The zero-order valence-electron chi connectivity index (χ0n) is 9.43. The number of carbonyl (C=O) groups is 1. The molecule has 5 nitrogen and oxygen atoms in total. The van der Waals surface area contributed by atoms with Crippen LogP contribution in [0.15, 0.2) is 12.2 Å². The molecule has 0 atom stereocenters. The molecule has 1 rings (SSSR count). The summed E-state index contributed by atoms with van der Waals surface area (Å²) in [6.07, 6.45) is 3.62. The minimum absolute atomic E-state index is 0.125. The molecule has 0 aliphatic rings. The Balaban J connectivity index is 2.59. The van der Waals surface area contributed by atoms with E-state index in [1.54, 1.807) is 6.08 Å². The Morgan fingerprint density at radius 1 is 1.56 bits per heavy atom. The smallest absolute Gasteiger partial charge is 0.265 e. The number of nitrogens with two attached hydrogens (primary N) is 1. The standard InChI is InChI=1S/C10H16N4OS/c1-7(2)8-9(16-14-13-8)10(15)12-6-4-3-5-11/h3-4,7H,5-6,11H2,1-2H3,(H,12,15)/b4-3+. The quantitative estimate of drug-likeness (QED) is 0.749. The first-order valence-electron chi connectivity index (χ1n) is 5.12. The number of carbonyl (C=O) groups excluding carboxylic acids is 1. The van der Waals surface area contributed by atoms with Gasteiger partial charge in [0.2, 0.25) is 0 Å². The largest absolute Gasteiger partial charge is 0.348 e. The summed E-state index contributed by atoms with van der Waals surface area (Å²) in [5.74, 6) is 0.0828. The molecule has 0 fully saturated rings. The molecule has 0 radical (unpaired) electrons. The summed E-state index contributed by atoms with van der Waals surface area (Å²) in [5.41, 5.74) is 6.04. The van der Waals surface area contributed by atoms with Crippen molar-refractivity contribution < 1.29 is 4.79 Å². The zero-order valence-corrected chi connectivity index (χ0v) is 10.3. The van der Waals surface area contributed by atoms with Crippen LogP contribution in [0.25, 0.3) is 0 Å². The maximum atomic E-state index is 11.7. The fraction of sp³-hybridized carbons (Fsp3) is 0.500. The summed E-state index contributed by atoms with van der Waals surface area (Å²) < 4.78 is 3.80. The molecule has 1 heterocycles. The molecule has 0 aromatic carbocycles. The van der Waals surface area contributed by atoms with Crippen molar-refractivity contribution in [3.8, 4) is 0 Å². The first-order chi connectivity index (χ1) is 7.66. The minimum Gasteiger partial charge on any atom is -0.348 e. The summed E-state index contributed by atoms with van der Waals surface area (Å²) in [4.78, 5) is 12.3. The number of hydrogen-bond acceptors (Lipinski definition) is 5. The van der Waals surface area contributed by atoms with Crippen molar-refractivity contribution in [2.45, 2.75) is 19.8 Å². The third-order valence-corrected chi connectivity index (χ3v) is 2.69. The molecule has 0 aliphatic carbocycles. The molecule has 16 heavy (non-hydrogen) atoms. The van der Waals surface area contributed by atoms with E-state index in [-0.39, 0.29) is 11.8 Å². The van der Waals surface area contributed by atoms with Gasteiger partial charge < -0.3 is 11.1 Å². The van der Waals surface area contributed by atoms with Crippen LogP contribution in [0.3, 0.4) is 0 Å². The fourth-order valence-electron chi connectivity index (χ4n) is 1.14. The van der Waals surface area contributed by atoms with E-state index in [4.69, 9.17) is 5.73 Å². The van der Waals surface area contributed by atoms with E-state index in [9.17, 15) is 4.79 Å². The van der Waals surface area contributed by atoms with Gasteiger partial charge in [0.15, 0.2) is 0 Å². The van der Waals surface area contributed by atoms with E-state index in [1.807, 2.05) is 19.9 Å². The first kappa shape index (κ1) is 12.8. The molecule has 0 saturated carbocycles.